The van der Waals surface area contributed by atoms with Crippen LogP contribution < -0.4 is 15.2 Å². The zero-order valence-electron chi connectivity index (χ0n) is 20.4. The molecular weight excluding hydrogens is 511 g/mol. The van der Waals surface area contributed by atoms with Crippen molar-refractivity contribution in [3.8, 4) is 22.6 Å². The zero-order valence-corrected chi connectivity index (χ0v) is 20.4. The quantitative estimate of drug-likeness (QED) is 0.377. The summed E-state index contributed by atoms with van der Waals surface area (Å²) in [6, 6.07) is 26.6. The van der Waals surface area contributed by atoms with Crippen LogP contribution >= 0.6 is 0 Å². The molecule has 10 heteroatoms. The van der Waals surface area contributed by atoms with E-state index in [0.717, 1.165) is 44.9 Å². The molecule has 0 amide bonds. The number of aliphatic carboxylic acids is 1. The van der Waals surface area contributed by atoms with Crippen molar-refractivity contribution in [2.45, 2.75) is 11.7 Å². The Hall–Kier alpha value is -4.86. The van der Waals surface area contributed by atoms with Crippen molar-refractivity contribution < 1.29 is 32.5 Å². The highest BCUT2D eigenvalue weighted by Gasteiger charge is 2.43. The number of benzene rings is 3. The number of carboxylic acid groups (broad SMARTS) is 1. The molecule has 3 N–H and O–H groups in total. The summed E-state index contributed by atoms with van der Waals surface area (Å²) < 4.78 is 43.4. The lowest BCUT2D eigenvalue weighted by Crippen LogP contribution is -2.26. The highest BCUT2D eigenvalue weighted by Crippen LogP contribution is 2.48. The fourth-order valence-corrected chi connectivity index (χ4v) is 4.66. The summed E-state index contributed by atoms with van der Waals surface area (Å²) in [4.78, 5) is 18.3. The lowest BCUT2D eigenvalue weighted by Gasteiger charge is -2.31. The number of nitrogens with two attached hydrogens (primary N) is 1. The Bertz CT molecular complexity index is 1560. The number of fused-ring (bicyclic) bond motifs is 2. The predicted octanol–water partition coefficient (Wildman–Crippen LogP) is 5.16. The number of ether oxygens (including phenoxy) is 2. The highest BCUT2D eigenvalue weighted by molar-refractivity contribution is 6.03. The van der Waals surface area contributed by atoms with Gasteiger partial charge in [-0.1, -0.05) is 54.6 Å². The van der Waals surface area contributed by atoms with Crippen LogP contribution in [0.25, 0.3) is 11.1 Å². The molecule has 0 bridgehead atoms. The normalized spacial score (nSPS) is 17.4. The number of carboxylic acids is 1. The van der Waals surface area contributed by atoms with Gasteiger partial charge in [0.15, 0.2) is 11.5 Å². The minimum atomic E-state index is -5.08. The largest absolute Gasteiger partial charge is 0.490 e. The molecule has 2 aliphatic heterocycles. The molecule has 0 spiro atoms. The number of hydrogen-bond donors (Lipinski definition) is 2. The molecule has 3 heterocycles. The number of amidine groups is 1. The van der Waals surface area contributed by atoms with Gasteiger partial charge in [-0.25, -0.2) is 9.79 Å². The minimum Gasteiger partial charge on any atom is -0.486 e. The molecule has 2 aliphatic rings. The van der Waals surface area contributed by atoms with E-state index in [0.29, 0.717) is 19.0 Å². The van der Waals surface area contributed by atoms with Gasteiger partial charge in [-0.3, -0.25) is 4.98 Å². The first-order valence-corrected chi connectivity index (χ1v) is 11.9. The van der Waals surface area contributed by atoms with Crippen LogP contribution in [0.4, 0.5) is 13.2 Å². The third-order valence-corrected chi connectivity index (χ3v) is 6.36. The molecular formula is C29H22F3N3O4. The number of halogens is 3. The topological polar surface area (TPSA) is 107 Å². The summed E-state index contributed by atoms with van der Waals surface area (Å²) in [6.45, 7) is 1.08. The maximum atomic E-state index is 10.6. The number of alkyl halides is 3. The van der Waals surface area contributed by atoms with Gasteiger partial charge in [0.2, 0.25) is 0 Å². The molecule has 0 aliphatic carbocycles. The van der Waals surface area contributed by atoms with Crippen molar-refractivity contribution >= 4 is 11.8 Å². The van der Waals surface area contributed by atoms with Gasteiger partial charge < -0.3 is 20.3 Å². The molecule has 7 nitrogen and oxygen atoms in total. The number of pyridine rings is 1. The molecule has 0 saturated heterocycles. The Morgan fingerprint density at radius 3 is 2.28 bits per heavy atom. The first-order valence-electron chi connectivity index (χ1n) is 11.9. The fraction of sp³-hybridized carbons (Fsp3) is 0.138. The molecule has 0 radical (unpaired) electrons. The first kappa shape index (κ1) is 25.8. The average molecular weight is 534 g/mol. The van der Waals surface area contributed by atoms with Gasteiger partial charge in [0, 0.05) is 18.0 Å². The van der Waals surface area contributed by atoms with E-state index in [1.807, 2.05) is 42.6 Å². The zero-order chi connectivity index (χ0) is 27.6. The molecule has 1 unspecified atom stereocenters. The number of aliphatic imine (C=N–C) groups is 1. The van der Waals surface area contributed by atoms with Gasteiger partial charge >= 0.3 is 12.1 Å². The summed E-state index contributed by atoms with van der Waals surface area (Å²) in [7, 11) is 0. The maximum Gasteiger partial charge on any atom is 0.490 e. The van der Waals surface area contributed by atoms with E-state index in [2.05, 4.69) is 47.4 Å². The molecule has 1 aromatic heterocycles. The summed E-state index contributed by atoms with van der Waals surface area (Å²) in [6.07, 6.45) is -1.43. The molecule has 198 valence electrons. The Balaban J connectivity index is 0.000000392. The molecule has 1 atom stereocenters. The summed E-state index contributed by atoms with van der Waals surface area (Å²) in [5.41, 5.74) is 11.8. The second kappa shape index (κ2) is 10.1. The van der Waals surface area contributed by atoms with E-state index >= 15 is 0 Å². The van der Waals surface area contributed by atoms with Crippen molar-refractivity contribution in [2.75, 3.05) is 13.2 Å². The second-order valence-corrected chi connectivity index (χ2v) is 8.74. The van der Waals surface area contributed by atoms with Crippen LogP contribution in [-0.2, 0) is 10.3 Å². The van der Waals surface area contributed by atoms with Gasteiger partial charge in [0.25, 0.3) is 0 Å². The molecule has 0 fully saturated rings. The lowest BCUT2D eigenvalue weighted by atomic mass is 9.77. The van der Waals surface area contributed by atoms with Crippen molar-refractivity contribution in [3.63, 3.8) is 0 Å². The number of hydrogen-bond acceptors (Lipinski definition) is 6. The van der Waals surface area contributed by atoms with Gasteiger partial charge in [0.1, 0.15) is 24.6 Å². The Labute approximate surface area is 221 Å². The van der Waals surface area contributed by atoms with E-state index in [9.17, 15) is 13.2 Å². The molecule has 4 aromatic rings. The van der Waals surface area contributed by atoms with Gasteiger partial charge in [-0.2, -0.15) is 13.2 Å². The number of rotatable bonds is 3. The van der Waals surface area contributed by atoms with Crippen LogP contribution in [0.15, 0.2) is 96.2 Å². The number of carbonyl (C=O) groups is 1. The predicted molar refractivity (Wildman–Crippen MR) is 138 cm³/mol. The van der Waals surface area contributed by atoms with Crippen molar-refractivity contribution in [1.82, 2.24) is 4.98 Å². The second-order valence-electron chi connectivity index (χ2n) is 8.74. The van der Waals surface area contributed by atoms with Crippen molar-refractivity contribution in [2.24, 2.45) is 10.7 Å². The Kier molecular flexibility index (Phi) is 6.69. The first-order chi connectivity index (χ1) is 18.7. The van der Waals surface area contributed by atoms with E-state index in [1.165, 1.54) is 0 Å². The van der Waals surface area contributed by atoms with Crippen LogP contribution in [0.1, 0.15) is 22.3 Å². The number of aromatic nitrogens is 1. The summed E-state index contributed by atoms with van der Waals surface area (Å²) in [5, 5.41) is 7.12. The average Bonchev–Trinajstić information content (AvgIpc) is 3.26. The highest BCUT2D eigenvalue weighted by atomic mass is 19.4. The van der Waals surface area contributed by atoms with Gasteiger partial charge in [-0.15, -0.1) is 0 Å². The Morgan fingerprint density at radius 2 is 1.56 bits per heavy atom. The Morgan fingerprint density at radius 1 is 0.872 bits per heavy atom. The smallest absolute Gasteiger partial charge is 0.486 e. The standard InChI is InChI=1S/C27H21N3O2.C2HF3O2/c28-26-22-8-1-2-9-23(22)27(30-26,21-10-11-24-25(16-21)32-14-13-31-24)20-7-3-5-18(15-20)19-6-4-12-29-17-19;3-2(4,5)1(6)7/h1-12,15-17H,13-14H2,(H2,28,30);(H,6,7). The molecule has 39 heavy (non-hydrogen) atoms. The van der Waals surface area contributed by atoms with E-state index in [-0.39, 0.29) is 0 Å². The minimum absolute atomic E-state index is 0.530. The maximum absolute atomic E-state index is 10.6. The van der Waals surface area contributed by atoms with Crippen LogP contribution in [0.5, 0.6) is 11.5 Å². The fourth-order valence-electron chi connectivity index (χ4n) is 4.66. The molecule has 0 saturated carbocycles. The lowest BCUT2D eigenvalue weighted by molar-refractivity contribution is -0.192. The molecule has 6 rings (SSSR count). The number of nitrogens with zero attached hydrogens (tertiary/aromatic N) is 2. The van der Waals surface area contributed by atoms with Crippen LogP contribution in [0, 0.1) is 0 Å². The summed E-state index contributed by atoms with van der Waals surface area (Å²) >= 11 is 0. The third kappa shape index (κ3) is 4.88. The molecule has 3 aromatic carbocycles. The van der Waals surface area contributed by atoms with Crippen molar-refractivity contribution in [3.05, 3.63) is 114 Å². The van der Waals surface area contributed by atoms with Crippen LogP contribution in [0.3, 0.4) is 0 Å². The van der Waals surface area contributed by atoms with Crippen LogP contribution in [0.2, 0.25) is 0 Å². The van der Waals surface area contributed by atoms with Gasteiger partial charge in [0.05, 0.1) is 0 Å². The SMILES string of the molecule is NC1=NC(c2cccc(-c3cccnc3)c2)(c2ccc3c(c2)OCCO3)c2ccccc21.O=C(O)C(F)(F)F. The van der Waals surface area contributed by atoms with E-state index in [4.69, 9.17) is 30.1 Å². The monoisotopic (exact) mass is 533 g/mol. The summed E-state index contributed by atoms with van der Waals surface area (Å²) in [5.74, 6) is -0.744. The third-order valence-electron chi connectivity index (χ3n) is 6.36. The van der Waals surface area contributed by atoms with Crippen molar-refractivity contribution in [1.29, 1.82) is 0 Å². The van der Waals surface area contributed by atoms with E-state index < -0.39 is 17.7 Å². The van der Waals surface area contributed by atoms with Crippen LogP contribution in [-0.4, -0.2) is 41.3 Å². The van der Waals surface area contributed by atoms with E-state index in [1.54, 1.807) is 6.20 Å². The van der Waals surface area contributed by atoms with Gasteiger partial charge in [-0.05, 0) is 52.1 Å².